The van der Waals surface area contributed by atoms with E-state index in [0.29, 0.717) is 6.04 Å². The van der Waals surface area contributed by atoms with Crippen LogP contribution in [-0.4, -0.2) is 6.54 Å². The van der Waals surface area contributed by atoms with E-state index in [-0.39, 0.29) is 0 Å². The molecule has 2 rings (SSSR count). The Balaban J connectivity index is 2.02. The zero-order chi connectivity index (χ0) is 12.3. The molecule has 0 bridgehead atoms. The van der Waals surface area contributed by atoms with Crippen LogP contribution >= 0.6 is 11.3 Å². The minimum atomic E-state index is 0.609. The molecule has 1 atom stereocenters. The van der Waals surface area contributed by atoms with E-state index >= 15 is 0 Å². The van der Waals surface area contributed by atoms with E-state index in [4.69, 9.17) is 0 Å². The summed E-state index contributed by atoms with van der Waals surface area (Å²) in [7, 11) is 0. The molecule has 1 heterocycles. The summed E-state index contributed by atoms with van der Waals surface area (Å²) in [5.41, 5.74) is 1.46. The molecule has 0 spiro atoms. The van der Waals surface area contributed by atoms with E-state index in [1.807, 2.05) is 11.3 Å². The third-order valence-corrected chi connectivity index (χ3v) is 5.23. The summed E-state index contributed by atoms with van der Waals surface area (Å²) < 4.78 is 0. The van der Waals surface area contributed by atoms with Crippen LogP contribution in [0.5, 0.6) is 0 Å². The molecule has 1 aromatic rings. The molecule has 0 radical (unpaired) electrons. The van der Waals surface area contributed by atoms with Crippen LogP contribution in [0.2, 0.25) is 0 Å². The second kappa shape index (κ2) is 6.01. The molecule has 17 heavy (non-hydrogen) atoms. The highest BCUT2D eigenvalue weighted by molar-refractivity contribution is 7.12. The summed E-state index contributed by atoms with van der Waals surface area (Å²) in [6, 6.07) is 3.00. The highest BCUT2D eigenvalue weighted by Crippen LogP contribution is 2.37. The van der Waals surface area contributed by atoms with Gasteiger partial charge in [-0.15, -0.1) is 11.3 Å². The van der Waals surface area contributed by atoms with Gasteiger partial charge in [0.15, 0.2) is 0 Å². The first-order valence-electron chi connectivity index (χ1n) is 7.01. The van der Waals surface area contributed by atoms with E-state index in [9.17, 15) is 0 Å². The minimum Gasteiger partial charge on any atom is -0.309 e. The lowest BCUT2D eigenvalue weighted by Gasteiger charge is -2.29. The fourth-order valence-electron chi connectivity index (χ4n) is 2.45. The first kappa shape index (κ1) is 13.1. The Morgan fingerprint density at radius 1 is 1.41 bits per heavy atom. The number of nitrogens with one attached hydrogen (secondary N) is 1. The van der Waals surface area contributed by atoms with Crippen LogP contribution in [-0.2, 0) is 0 Å². The van der Waals surface area contributed by atoms with Gasteiger partial charge < -0.3 is 5.32 Å². The first-order chi connectivity index (χ1) is 8.20. The number of hydrogen-bond acceptors (Lipinski definition) is 2. The molecule has 0 saturated heterocycles. The normalized spacial score (nSPS) is 18.1. The van der Waals surface area contributed by atoms with Crippen LogP contribution < -0.4 is 5.32 Å². The zero-order valence-electron chi connectivity index (χ0n) is 11.4. The van der Waals surface area contributed by atoms with E-state index < -0.39 is 0 Å². The van der Waals surface area contributed by atoms with Crippen molar-refractivity contribution < 1.29 is 0 Å². The molecular formula is C15H25NS. The summed E-state index contributed by atoms with van der Waals surface area (Å²) in [4.78, 5) is 3.04. The van der Waals surface area contributed by atoms with Crippen LogP contribution in [0, 0.1) is 19.8 Å². The molecule has 0 amide bonds. The van der Waals surface area contributed by atoms with Crippen molar-refractivity contribution in [2.75, 3.05) is 6.54 Å². The summed E-state index contributed by atoms with van der Waals surface area (Å²) in [5.74, 6) is 0.979. The van der Waals surface area contributed by atoms with E-state index in [1.165, 1.54) is 42.5 Å². The van der Waals surface area contributed by atoms with Crippen LogP contribution in [0.3, 0.4) is 0 Å². The summed E-state index contributed by atoms with van der Waals surface area (Å²) >= 11 is 1.99. The predicted molar refractivity (Wildman–Crippen MR) is 76.8 cm³/mol. The first-order valence-corrected chi connectivity index (χ1v) is 7.82. The van der Waals surface area contributed by atoms with Gasteiger partial charge in [0.2, 0.25) is 0 Å². The minimum absolute atomic E-state index is 0.609. The predicted octanol–water partition coefficient (Wildman–Crippen LogP) is 4.60. The van der Waals surface area contributed by atoms with E-state index in [2.05, 4.69) is 32.2 Å². The van der Waals surface area contributed by atoms with E-state index in [0.717, 1.165) is 12.5 Å². The van der Waals surface area contributed by atoms with Crippen molar-refractivity contribution >= 4 is 11.3 Å². The summed E-state index contributed by atoms with van der Waals surface area (Å²) in [6.07, 6.45) is 6.93. The molecule has 0 aromatic carbocycles. The van der Waals surface area contributed by atoms with Crippen molar-refractivity contribution in [2.24, 2.45) is 5.92 Å². The smallest absolute Gasteiger partial charge is 0.0417 e. The lowest BCUT2D eigenvalue weighted by atomic mass is 9.80. The van der Waals surface area contributed by atoms with Crippen LogP contribution in [0.4, 0.5) is 0 Å². The fourth-order valence-corrected chi connectivity index (χ4v) is 3.58. The monoisotopic (exact) mass is 251 g/mol. The average molecular weight is 251 g/mol. The Morgan fingerprint density at radius 2 is 2.18 bits per heavy atom. The molecule has 2 heteroatoms. The summed E-state index contributed by atoms with van der Waals surface area (Å²) in [6.45, 7) is 7.87. The topological polar surface area (TPSA) is 12.0 Å². The molecule has 1 N–H and O–H groups in total. The van der Waals surface area contributed by atoms with Crippen molar-refractivity contribution in [3.05, 3.63) is 21.4 Å². The zero-order valence-corrected chi connectivity index (χ0v) is 12.2. The maximum atomic E-state index is 3.74. The fraction of sp³-hybridized carbons (Fsp3) is 0.733. The van der Waals surface area contributed by atoms with Crippen molar-refractivity contribution in [3.63, 3.8) is 0 Å². The Labute approximate surface area is 110 Å². The lowest BCUT2D eigenvalue weighted by Crippen LogP contribution is -2.26. The number of aryl methyl sites for hydroxylation is 2. The quantitative estimate of drug-likeness (QED) is 0.779. The maximum Gasteiger partial charge on any atom is 0.0417 e. The Kier molecular flexibility index (Phi) is 4.63. The third-order valence-electron chi connectivity index (χ3n) is 3.96. The van der Waals surface area contributed by atoms with Gasteiger partial charge in [0, 0.05) is 15.8 Å². The average Bonchev–Trinajstić information content (AvgIpc) is 2.57. The second-order valence-electron chi connectivity index (χ2n) is 5.43. The van der Waals surface area contributed by atoms with Gasteiger partial charge in [0.25, 0.3) is 0 Å². The number of rotatable bonds is 6. The Bertz CT molecular complexity index is 332. The molecule has 96 valence electrons. The molecule has 1 unspecified atom stereocenters. The second-order valence-corrected chi connectivity index (χ2v) is 6.72. The van der Waals surface area contributed by atoms with Crippen LogP contribution in [0.15, 0.2) is 6.07 Å². The van der Waals surface area contributed by atoms with Gasteiger partial charge in [-0.3, -0.25) is 0 Å². The lowest BCUT2D eigenvalue weighted by molar-refractivity contribution is 0.262. The number of hydrogen-bond donors (Lipinski definition) is 1. The highest BCUT2D eigenvalue weighted by Gasteiger charge is 2.23. The largest absolute Gasteiger partial charge is 0.309 e. The standard InChI is InChI=1S/C15H25NS/c1-4-8-16-14(10-13-6-5-7-13)15-9-11(2)12(3)17-15/h9,13-14,16H,4-8,10H2,1-3H3. The van der Waals surface area contributed by atoms with Crippen molar-refractivity contribution in [1.82, 2.24) is 5.32 Å². The van der Waals surface area contributed by atoms with Gasteiger partial charge in [-0.2, -0.15) is 0 Å². The molecule has 1 aliphatic rings. The van der Waals surface area contributed by atoms with Gasteiger partial charge in [0.05, 0.1) is 0 Å². The Morgan fingerprint density at radius 3 is 2.65 bits per heavy atom. The molecule has 1 nitrogen and oxygen atoms in total. The molecule has 1 aliphatic carbocycles. The van der Waals surface area contributed by atoms with Crippen molar-refractivity contribution in [3.8, 4) is 0 Å². The Hall–Kier alpha value is -0.340. The molecular weight excluding hydrogens is 226 g/mol. The van der Waals surface area contributed by atoms with Gasteiger partial charge in [-0.25, -0.2) is 0 Å². The molecule has 1 saturated carbocycles. The number of thiophene rings is 1. The van der Waals surface area contributed by atoms with Crippen LogP contribution in [0.1, 0.15) is 60.4 Å². The third kappa shape index (κ3) is 3.32. The van der Waals surface area contributed by atoms with Crippen molar-refractivity contribution in [1.29, 1.82) is 0 Å². The molecule has 0 aliphatic heterocycles. The van der Waals surface area contributed by atoms with Gasteiger partial charge in [0.1, 0.15) is 0 Å². The molecule has 1 aromatic heterocycles. The highest BCUT2D eigenvalue weighted by atomic mass is 32.1. The SMILES string of the molecule is CCCNC(CC1CCC1)c1cc(C)c(C)s1. The van der Waals surface area contributed by atoms with Gasteiger partial charge in [-0.05, 0) is 50.8 Å². The summed E-state index contributed by atoms with van der Waals surface area (Å²) in [5, 5.41) is 3.74. The van der Waals surface area contributed by atoms with Crippen molar-refractivity contribution in [2.45, 2.75) is 58.9 Å². The molecule has 1 fully saturated rings. The van der Waals surface area contributed by atoms with Gasteiger partial charge in [-0.1, -0.05) is 26.2 Å². The van der Waals surface area contributed by atoms with Gasteiger partial charge >= 0.3 is 0 Å². The maximum absolute atomic E-state index is 3.74. The van der Waals surface area contributed by atoms with E-state index in [1.54, 1.807) is 4.88 Å². The van der Waals surface area contributed by atoms with Crippen LogP contribution in [0.25, 0.3) is 0 Å².